The molecule has 1 aromatic rings. The summed E-state index contributed by atoms with van der Waals surface area (Å²) >= 11 is 1.39. The zero-order chi connectivity index (χ0) is 11.4. The predicted molar refractivity (Wildman–Crippen MR) is 64.1 cm³/mol. The molecule has 1 aliphatic rings. The molecule has 1 aliphatic carbocycles. The second-order valence-corrected chi connectivity index (χ2v) is 4.66. The first-order valence-corrected chi connectivity index (χ1v) is 6.12. The highest BCUT2D eigenvalue weighted by molar-refractivity contribution is 7.14. The molecule has 82 valence electrons. The molecule has 0 spiro atoms. The standard InChI is InChI=1S/C12H12N2OS/c13-8-10-6-7-16-12(10)14-11(15)9-4-2-1-3-5-9/h1-2,6-7,9H,3-5H2,(H,14,15)/t9-/m1/s1. The molecule has 0 aromatic carbocycles. The van der Waals surface area contributed by atoms with E-state index in [-0.39, 0.29) is 11.8 Å². The smallest absolute Gasteiger partial charge is 0.228 e. The van der Waals surface area contributed by atoms with Crippen LogP contribution in [0.2, 0.25) is 0 Å². The molecule has 0 saturated heterocycles. The maximum Gasteiger partial charge on any atom is 0.228 e. The molecular weight excluding hydrogens is 220 g/mol. The lowest BCUT2D eigenvalue weighted by Gasteiger charge is -2.16. The lowest BCUT2D eigenvalue weighted by atomic mass is 9.94. The van der Waals surface area contributed by atoms with E-state index in [4.69, 9.17) is 5.26 Å². The minimum atomic E-state index is 0.0308. The Balaban J connectivity index is 2.02. The van der Waals surface area contributed by atoms with E-state index in [1.54, 1.807) is 6.07 Å². The number of nitriles is 1. The third kappa shape index (κ3) is 2.31. The summed E-state index contributed by atoms with van der Waals surface area (Å²) in [5.74, 6) is 0.0851. The fraction of sp³-hybridized carbons (Fsp3) is 0.333. The lowest BCUT2D eigenvalue weighted by Crippen LogP contribution is -2.23. The number of anilines is 1. The molecule has 0 radical (unpaired) electrons. The Bertz CT molecular complexity index is 456. The van der Waals surface area contributed by atoms with E-state index in [2.05, 4.69) is 17.5 Å². The molecule has 1 heterocycles. The molecule has 3 nitrogen and oxygen atoms in total. The maximum absolute atomic E-state index is 11.9. The molecule has 0 saturated carbocycles. The summed E-state index contributed by atoms with van der Waals surface area (Å²) in [4.78, 5) is 11.9. The number of allylic oxidation sites excluding steroid dienone is 2. The third-order valence-electron chi connectivity index (χ3n) is 2.66. The van der Waals surface area contributed by atoms with Crippen molar-refractivity contribution < 1.29 is 4.79 Å². The lowest BCUT2D eigenvalue weighted by molar-refractivity contribution is -0.120. The first-order valence-electron chi connectivity index (χ1n) is 5.24. The third-order valence-corrected chi connectivity index (χ3v) is 3.49. The van der Waals surface area contributed by atoms with Crippen molar-refractivity contribution in [3.05, 3.63) is 29.2 Å². The Kier molecular flexibility index (Phi) is 3.37. The van der Waals surface area contributed by atoms with Crippen LogP contribution in [0.15, 0.2) is 23.6 Å². The number of carbonyl (C=O) groups excluding carboxylic acids is 1. The van der Waals surface area contributed by atoms with Crippen LogP contribution in [0.3, 0.4) is 0 Å². The Morgan fingerprint density at radius 3 is 3.12 bits per heavy atom. The first-order chi connectivity index (χ1) is 7.81. The number of carbonyl (C=O) groups is 1. The average Bonchev–Trinajstić information content (AvgIpc) is 2.77. The van der Waals surface area contributed by atoms with Crippen molar-refractivity contribution >= 4 is 22.2 Å². The topological polar surface area (TPSA) is 52.9 Å². The molecular formula is C12H12N2OS. The van der Waals surface area contributed by atoms with Gasteiger partial charge in [0, 0.05) is 5.92 Å². The quantitative estimate of drug-likeness (QED) is 0.797. The first kappa shape index (κ1) is 10.9. The van der Waals surface area contributed by atoms with Gasteiger partial charge >= 0.3 is 0 Å². The van der Waals surface area contributed by atoms with Crippen LogP contribution in [0.25, 0.3) is 0 Å². The monoisotopic (exact) mass is 232 g/mol. The minimum absolute atomic E-state index is 0.0308. The number of nitrogens with zero attached hydrogens (tertiary/aromatic N) is 1. The molecule has 0 bridgehead atoms. The molecule has 1 atom stereocenters. The van der Waals surface area contributed by atoms with Crippen molar-refractivity contribution in [1.29, 1.82) is 5.26 Å². The van der Waals surface area contributed by atoms with Crippen LogP contribution in [-0.2, 0) is 4.79 Å². The SMILES string of the molecule is N#Cc1ccsc1NC(=O)[C@@H]1CC=CCC1. The van der Waals surface area contributed by atoms with Crippen molar-refractivity contribution in [2.45, 2.75) is 19.3 Å². The Morgan fingerprint density at radius 2 is 2.44 bits per heavy atom. The number of hydrogen-bond acceptors (Lipinski definition) is 3. The number of rotatable bonds is 2. The van der Waals surface area contributed by atoms with Gasteiger partial charge in [0.15, 0.2) is 0 Å². The van der Waals surface area contributed by atoms with E-state index in [0.29, 0.717) is 10.6 Å². The molecule has 0 fully saturated rings. The van der Waals surface area contributed by atoms with Gasteiger partial charge < -0.3 is 5.32 Å². The van der Waals surface area contributed by atoms with Crippen LogP contribution in [0, 0.1) is 17.2 Å². The van der Waals surface area contributed by atoms with E-state index in [1.807, 2.05) is 11.5 Å². The van der Waals surface area contributed by atoms with E-state index < -0.39 is 0 Å². The summed E-state index contributed by atoms with van der Waals surface area (Å²) in [7, 11) is 0. The maximum atomic E-state index is 11.9. The van der Waals surface area contributed by atoms with Crippen LogP contribution >= 0.6 is 11.3 Å². The fourth-order valence-electron chi connectivity index (χ4n) is 1.74. The Hall–Kier alpha value is -1.60. The van der Waals surface area contributed by atoms with Gasteiger partial charge in [0.05, 0.1) is 5.56 Å². The Labute approximate surface area is 98.4 Å². The summed E-state index contributed by atoms with van der Waals surface area (Å²) in [5, 5.41) is 14.1. The number of thiophene rings is 1. The van der Waals surface area contributed by atoms with Crippen LogP contribution in [0.4, 0.5) is 5.00 Å². The van der Waals surface area contributed by atoms with Crippen molar-refractivity contribution in [3.8, 4) is 6.07 Å². The van der Waals surface area contributed by atoms with E-state index in [9.17, 15) is 4.79 Å². The average molecular weight is 232 g/mol. The van der Waals surface area contributed by atoms with Crippen molar-refractivity contribution in [2.24, 2.45) is 5.92 Å². The van der Waals surface area contributed by atoms with Gasteiger partial charge in [-0.1, -0.05) is 12.2 Å². The summed E-state index contributed by atoms with van der Waals surface area (Å²) in [6.45, 7) is 0. The molecule has 1 aromatic heterocycles. The molecule has 0 aliphatic heterocycles. The number of hydrogen-bond donors (Lipinski definition) is 1. The zero-order valence-corrected chi connectivity index (χ0v) is 9.59. The molecule has 2 rings (SSSR count). The highest BCUT2D eigenvalue weighted by Gasteiger charge is 2.19. The molecule has 1 N–H and O–H groups in total. The number of nitrogens with one attached hydrogen (secondary N) is 1. The van der Waals surface area contributed by atoms with Gasteiger partial charge in [-0.05, 0) is 30.7 Å². The zero-order valence-electron chi connectivity index (χ0n) is 8.77. The summed E-state index contributed by atoms with van der Waals surface area (Å²) in [6.07, 6.45) is 6.82. The van der Waals surface area contributed by atoms with Crippen molar-refractivity contribution in [3.63, 3.8) is 0 Å². The van der Waals surface area contributed by atoms with Gasteiger partial charge in [-0.3, -0.25) is 4.79 Å². The van der Waals surface area contributed by atoms with Crippen LogP contribution in [0.5, 0.6) is 0 Å². The molecule has 4 heteroatoms. The second kappa shape index (κ2) is 4.95. The van der Waals surface area contributed by atoms with Crippen LogP contribution in [-0.4, -0.2) is 5.91 Å². The summed E-state index contributed by atoms with van der Waals surface area (Å²) in [6, 6.07) is 3.79. The van der Waals surface area contributed by atoms with Crippen molar-refractivity contribution in [1.82, 2.24) is 0 Å². The largest absolute Gasteiger partial charge is 0.316 e. The van der Waals surface area contributed by atoms with Gasteiger partial charge in [-0.25, -0.2) is 0 Å². The van der Waals surface area contributed by atoms with Gasteiger partial charge in [-0.15, -0.1) is 11.3 Å². The summed E-state index contributed by atoms with van der Waals surface area (Å²) in [5.41, 5.74) is 0.546. The highest BCUT2D eigenvalue weighted by Crippen LogP contribution is 2.25. The normalized spacial score (nSPS) is 19.1. The van der Waals surface area contributed by atoms with E-state index in [1.165, 1.54) is 11.3 Å². The van der Waals surface area contributed by atoms with E-state index in [0.717, 1.165) is 19.3 Å². The van der Waals surface area contributed by atoms with E-state index >= 15 is 0 Å². The minimum Gasteiger partial charge on any atom is -0.316 e. The van der Waals surface area contributed by atoms with Crippen molar-refractivity contribution in [2.75, 3.05) is 5.32 Å². The predicted octanol–water partition coefficient (Wildman–Crippen LogP) is 2.91. The second-order valence-electron chi connectivity index (χ2n) is 3.75. The number of amides is 1. The highest BCUT2D eigenvalue weighted by atomic mass is 32.1. The van der Waals surface area contributed by atoms with Gasteiger partial charge in [-0.2, -0.15) is 5.26 Å². The van der Waals surface area contributed by atoms with Gasteiger partial charge in [0.25, 0.3) is 0 Å². The Morgan fingerprint density at radius 1 is 1.56 bits per heavy atom. The van der Waals surface area contributed by atoms with Crippen LogP contribution in [0.1, 0.15) is 24.8 Å². The molecule has 1 amide bonds. The van der Waals surface area contributed by atoms with Gasteiger partial charge in [0.2, 0.25) is 5.91 Å². The van der Waals surface area contributed by atoms with Gasteiger partial charge in [0.1, 0.15) is 11.1 Å². The van der Waals surface area contributed by atoms with Crippen LogP contribution < -0.4 is 5.32 Å². The summed E-state index contributed by atoms with van der Waals surface area (Å²) < 4.78 is 0. The molecule has 16 heavy (non-hydrogen) atoms. The fourth-order valence-corrected chi connectivity index (χ4v) is 2.48. The molecule has 0 unspecified atom stereocenters.